The Balaban J connectivity index is 2.05. The van der Waals surface area contributed by atoms with E-state index in [-0.39, 0.29) is 5.95 Å². The van der Waals surface area contributed by atoms with Crippen molar-refractivity contribution in [2.45, 2.75) is 6.92 Å². The van der Waals surface area contributed by atoms with Crippen molar-refractivity contribution in [2.24, 2.45) is 0 Å². The van der Waals surface area contributed by atoms with Gasteiger partial charge in [0.25, 0.3) is 0 Å². The number of anilines is 3. The van der Waals surface area contributed by atoms with Crippen LogP contribution in [-0.4, -0.2) is 9.97 Å². The fraction of sp³-hybridized carbons (Fsp3) is 0.0667. The van der Waals surface area contributed by atoms with Gasteiger partial charge in [0.1, 0.15) is 5.82 Å². The van der Waals surface area contributed by atoms with Gasteiger partial charge in [0, 0.05) is 22.8 Å². The zero-order valence-corrected chi connectivity index (χ0v) is 10.6. The van der Waals surface area contributed by atoms with Crippen LogP contribution in [0.1, 0.15) is 5.69 Å². The topological polar surface area (TPSA) is 63.8 Å². The first kappa shape index (κ1) is 11.5. The van der Waals surface area contributed by atoms with Crippen LogP contribution in [0.4, 0.5) is 17.5 Å². The summed E-state index contributed by atoms with van der Waals surface area (Å²) < 4.78 is 0. The number of aryl methyl sites for hydroxylation is 1. The third-order valence-corrected chi connectivity index (χ3v) is 2.92. The number of nitrogen functional groups attached to an aromatic ring is 1. The summed E-state index contributed by atoms with van der Waals surface area (Å²) in [7, 11) is 0. The molecule has 94 valence electrons. The molecule has 2 aromatic carbocycles. The highest BCUT2D eigenvalue weighted by Crippen LogP contribution is 2.25. The molecule has 3 aromatic rings. The maximum atomic E-state index is 5.66. The Morgan fingerprint density at radius 1 is 1.00 bits per heavy atom. The van der Waals surface area contributed by atoms with Crippen molar-refractivity contribution < 1.29 is 0 Å². The van der Waals surface area contributed by atoms with Gasteiger partial charge in [0.05, 0.1) is 0 Å². The molecular formula is C15H14N4. The summed E-state index contributed by atoms with van der Waals surface area (Å²) in [6.45, 7) is 1.90. The lowest BCUT2D eigenvalue weighted by atomic mass is 10.1. The number of nitrogens with one attached hydrogen (secondary N) is 1. The number of aromatic nitrogens is 2. The van der Waals surface area contributed by atoms with Crippen LogP contribution in [0, 0.1) is 6.92 Å². The first-order chi connectivity index (χ1) is 9.22. The molecule has 0 atom stereocenters. The summed E-state index contributed by atoms with van der Waals surface area (Å²) in [5.41, 5.74) is 7.52. The Morgan fingerprint density at radius 2 is 1.79 bits per heavy atom. The van der Waals surface area contributed by atoms with Gasteiger partial charge in [-0.3, -0.25) is 0 Å². The number of nitrogens with zero attached hydrogens (tertiary/aromatic N) is 2. The van der Waals surface area contributed by atoms with Crippen LogP contribution in [0.5, 0.6) is 0 Å². The molecule has 1 heterocycles. The molecule has 0 fully saturated rings. The van der Waals surface area contributed by atoms with E-state index in [4.69, 9.17) is 5.73 Å². The van der Waals surface area contributed by atoms with Crippen molar-refractivity contribution in [3.05, 3.63) is 54.2 Å². The molecule has 3 rings (SSSR count). The smallest absolute Gasteiger partial charge is 0.222 e. The second-order valence-corrected chi connectivity index (χ2v) is 4.40. The van der Waals surface area contributed by atoms with Crippen molar-refractivity contribution in [1.29, 1.82) is 0 Å². The minimum Gasteiger partial charge on any atom is -0.368 e. The standard InChI is InChI=1S/C15H14N4/c1-10-9-14(19-15(16)17-10)18-13-8-4-6-11-5-2-3-7-12(11)13/h2-9H,1H3,(H3,16,17,18,19). The molecule has 19 heavy (non-hydrogen) atoms. The number of rotatable bonds is 2. The van der Waals surface area contributed by atoms with Gasteiger partial charge in [-0.2, -0.15) is 4.98 Å². The summed E-state index contributed by atoms with van der Waals surface area (Å²) in [4.78, 5) is 8.26. The van der Waals surface area contributed by atoms with Crippen LogP contribution in [0.25, 0.3) is 10.8 Å². The molecule has 0 amide bonds. The Bertz CT molecular complexity index is 712. The SMILES string of the molecule is Cc1cc(Nc2cccc3ccccc23)nc(N)n1. The van der Waals surface area contributed by atoms with Crippen LogP contribution in [0.2, 0.25) is 0 Å². The third-order valence-electron chi connectivity index (χ3n) is 2.92. The maximum Gasteiger partial charge on any atom is 0.222 e. The molecule has 0 bridgehead atoms. The maximum absolute atomic E-state index is 5.66. The molecule has 0 aliphatic carbocycles. The van der Waals surface area contributed by atoms with E-state index in [1.807, 2.05) is 37.3 Å². The van der Waals surface area contributed by atoms with Gasteiger partial charge >= 0.3 is 0 Å². The summed E-state index contributed by atoms with van der Waals surface area (Å²) >= 11 is 0. The van der Waals surface area contributed by atoms with Crippen LogP contribution in [0.3, 0.4) is 0 Å². The molecule has 4 heteroatoms. The number of hydrogen-bond acceptors (Lipinski definition) is 4. The second kappa shape index (κ2) is 4.57. The Kier molecular flexibility index (Phi) is 2.76. The lowest BCUT2D eigenvalue weighted by Crippen LogP contribution is -2.01. The van der Waals surface area contributed by atoms with Crippen LogP contribution >= 0.6 is 0 Å². The van der Waals surface area contributed by atoms with Gasteiger partial charge in [-0.25, -0.2) is 4.98 Å². The number of benzene rings is 2. The van der Waals surface area contributed by atoms with E-state index >= 15 is 0 Å². The normalized spacial score (nSPS) is 10.6. The molecule has 0 radical (unpaired) electrons. The fourth-order valence-corrected chi connectivity index (χ4v) is 2.13. The summed E-state index contributed by atoms with van der Waals surface area (Å²) in [5.74, 6) is 0.990. The van der Waals surface area contributed by atoms with Gasteiger partial charge < -0.3 is 11.1 Å². The fourth-order valence-electron chi connectivity index (χ4n) is 2.13. The van der Waals surface area contributed by atoms with Gasteiger partial charge in [-0.1, -0.05) is 36.4 Å². The number of fused-ring (bicyclic) bond motifs is 1. The third kappa shape index (κ3) is 2.33. The first-order valence-electron chi connectivity index (χ1n) is 6.08. The Labute approximate surface area is 111 Å². The van der Waals surface area contributed by atoms with E-state index in [0.29, 0.717) is 5.82 Å². The minimum absolute atomic E-state index is 0.280. The molecule has 0 unspecified atom stereocenters. The molecular weight excluding hydrogens is 236 g/mol. The van der Waals surface area contributed by atoms with Crippen molar-refractivity contribution in [3.63, 3.8) is 0 Å². The zero-order valence-electron chi connectivity index (χ0n) is 10.6. The van der Waals surface area contributed by atoms with Gasteiger partial charge in [0.2, 0.25) is 5.95 Å². The molecule has 1 aromatic heterocycles. The van der Waals surface area contributed by atoms with Gasteiger partial charge in [-0.05, 0) is 18.4 Å². The van der Waals surface area contributed by atoms with Gasteiger partial charge in [-0.15, -0.1) is 0 Å². The average Bonchev–Trinajstić information content (AvgIpc) is 2.38. The van der Waals surface area contributed by atoms with Crippen LogP contribution in [0.15, 0.2) is 48.5 Å². The zero-order chi connectivity index (χ0) is 13.2. The average molecular weight is 250 g/mol. The van der Waals surface area contributed by atoms with Crippen LogP contribution in [-0.2, 0) is 0 Å². The number of hydrogen-bond donors (Lipinski definition) is 2. The molecule has 0 spiro atoms. The largest absolute Gasteiger partial charge is 0.368 e. The highest BCUT2D eigenvalue weighted by atomic mass is 15.1. The number of nitrogens with two attached hydrogens (primary N) is 1. The molecule has 3 N–H and O–H groups in total. The second-order valence-electron chi connectivity index (χ2n) is 4.40. The lowest BCUT2D eigenvalue weighted by molar-refractivity contribution is 1.12. The minimum atomic E-state index is 0.280. The summed E-state index contributed by atoms with van der Waals surface area (Å²) in [5, 5.41) is 5.64. The van der Waals surface area contributed by atoms with Crippen molar-refractivity contribution in [3.8, 4) is 0 Å². The van der Waals surface area contributed by atoms with E-state index in [2.05, 4.69) is 33.5 Å². The Morgan fingerprint density at radius 3 is 2.63 bits per heavy atom. The molecule has 0 saturated heterocycles. The summed E-state index contributed by atoms with van der Waals surface area (Å²) in [6.07, 6.45) is 0. The quantitative estimate of drug-likeness (QED) is 0.732. The van der Waals surface area contributed by atoms with Crippen molar-refractivity contribution in [1.82, 2.24) is 9.97 Å². The Hall–Kier alpha value is -2.62. The van der Waals surface area contributed by atoms with Crippen LogP contribution < -0.4 is 11.1 Å². The molecule has 0 aliphatic heterocycles. The highest BCUT2D eigenvalue weighted by Gasteiger charge is 2.03. The van der Waals surface area contributed by atoms with Crippen molar-refractivity contribution in [2.75, 3.05) is 11.1 Å². The van der Waals surface area contributed by atoms with E-state index in [0.717, 1.165) is 16.8 Å². The predicted octanol–water partition coefficient (Wildman–Crippen LogP) is 3.26. The highest BCUT2D eigenvalue weighted by molar-refractivity contribution is 5.95. The molecule has 4 nitrogen and oxygen atoms in total. The first-order valence-corrected chi connectivity index (χ1v) is 6.08. The van der Waals surface area contributed by atoms with Crippen molar-refractivity contribution >= 4 is 28.2 Å². The van der Waals surface area contributed by atoms with E-state index in [9.17, 15) is 0 Å². The van der Waals surface area contributed by atoms with E-state index in [1.165, 1.54) is 5.39 Å². The van der Waals surface area contributed by atoms with E-state index in [1.54, 1.807) is 0 Å². The lowest BCUT2D eigenvalue weighted by Gasteiger charge is -2.09. The summed E-state index contributed by atoms with van der Waals surface area (Å²) in [6, 6.07) is 16.2. The van der Waals surface area contributed by atoms with Gasteiger partial charge in [0.15, 0.2) is 0 Å². The predicted molar refractivity (Wildman–Crippen MR) is 78.4 cm³/mol. The monoisotopic (exact) mass is 250 g/mol. The van der Waals surface area contributed by atoms with E-state index < -0.39 is 0 Å². The molecule has 0 aliphatic rings. The molecule has 0 saturated carbocycles.